The minimum absolute atomic E-state index is 0.0784. The third kappa shape index (κ3) is 7.80. The second kappa shape index (κ2) is 15.0. The van der Waals surface area contributed by atoms with Gasteiger partial charge >= 0.3 is 5.97 Å². The number of hydrogen-bond donors (Lipinski definition) is 3. The molecule has 2 atom stereocenters. The predicted octanol–water partition coefficient (Wildman–Crippen LogP) is 4.23. The zero-order valence-electron chi connectivity index (χ0n) is 24.7. The number of aliphatic hydroxyl groups excluding tert-OH is 1. The van der Waals surface area contributed by atoms with Gasteiger partial charge in [0.05, 0.1) is 18.3 Å². The molecule has 0 bridgehead atoms. The summed E-state index contributed by atoms with van der Waals surface area (Å²) in [6.07, 6.45) is 11.6. The van der Waals surface area contributed by atoms with Crippen molar-refractivity contribution >= 4 is 17.8 Å². The normalized spacial score (nSPS) is 22.5. The Morgan fingerprint density at radius 1 is 1.00 bits per heavy atom. The van der Waals surface area contributed by atoms with Gasteiger partial charge in [-0.05, 0) is 81.7 Å². The van der Waals surface area contributed by atoms with E-state index in [0.29, 0.717) is 31.7 Å². The Labute approximate surface area is 244 Å². The monoisotopic (exact) mass is 571 g/mol. The predicted molar refractivity (Wildman–Crippen MR) is 157 cm³/mol. The van der Waals surface area contributed by atoms with Crippen molar-refractivity contribution in [3.63, 3.8) is 0 Å². The molecule has 2 saturated heterocycles. The number of amides is 2. The number of nitrogens with one attached hydrogen (secondary N) is 1. The number of rotatable bonds is 14. The zero-order chi connectivity index (χ0) is 29.2. The summed E-state index contributed by atoms with van der Waals surface area (Å²) in [7, 11) is 0. The largest absolute Gasteiger partial charge is 0.494 e. The number of piperazine rings is 1. The minimum Gasteiger partial charge on any atom is -0.494 e. The van der Waals surface area contributed by atoms with Crippen molar-refractivity contribution in [3.8, 4) is 5.75 Å². The number of carbonyl (C=O) groups excluding carboxylic acids is 2. The van der Waals surface area contributed by atoms with E-state index in [-0.39, 0.29) is 23.3 Å². The van der Waals surface area contributed by atoms with Gasteiger partial charge in [-0.1, -0.05) is 45.4 Å². The molecule has 1 aromatic rings. The topological polar surface area (TPSA) is 119 Å². The molecule has 3 N–H and O–H groups in total. The van der Waals surface area contributed by atoms with E-state index < -0.39 is 23.7 Å². The second-order valence-electron chi connectivity index (χ2n) is 12.1. The number of piperidine rings is 1. The molecule has 0 radical (unpaired) electrons. The van der Waals surface area contributed by atoms with Crippen molar-refractivity contribution in [1.82, 2.24) is 15.1 Å². The molecule has 9 heteroatoms. The lowest BCUT2D eigenvalue weighted by atomic mass is 9.78. The number of benzene rings is 1. The number of ether oxygens (including phenoxy) is 1. The van der Waals surface area contributed by atoms with Crippen LogP contribution in [0.2, 0.25) is 0 Å². The van der Waals surface area contributed by atoms with Crippen LogP contribution in [0.5, 0.6) is 5.75 Å². The van der Waals surface area contributed by atoms with Crippen LogP contribution in [0, 0.1) is 5.92 Å². The minimum atomic E-state index is -0.942. The van der Waals surface area contributed by atoms with Gasteiger partial charge in [0.1, 0.15) is 17.3 Å². The van der Waals surface area contributed by atoms with Crippen molar-refractivity contribution in [2.24, 2.45) is 5.92 Å². The Morgan fingerprint density at radius 3 is 2.34 bits per heavy atom. The first-order chi connectivity index (χ1) is 19.9. The lowest BCUT2D eigenvalue weighted by Gasteiger charge is -2.52. The maximum atomic E-state index is 13.7. The molecule has 228 valence electrons. The zero-order valence-corrected chi connectivity index (χ0v) is 24.7. The molecule has 3 fully saturated rings. The molecule has 1 aliphatic carbocycles. The Bertz CT molecular complexity index is 1000. The van der Waals surface area contributed by atoms with Crippen LogP contribution in [0.4, 0.5) is 0 Å². The summed E-state index contributed by atoms with van der Waals surface area (Å²) in [5, 5.41) is 23.1. The van der Waals surface area contributed by atoms with Crippen molar-refractivity contribution in [3.05, 3.63) is 29.8 Å². The maximum Gasteiger partial charge on any atom is 0.335 e. The number of carboxylic acids is 1. The number of unbranched alkanes of at least 4 members (excludes halogenated alkanes) is 4. The SMILES string of the molecule is CCCCN1C(=O)[C@@H]([C@H](O)C2CCCCC2)NC(=O)C12CCN(CCCCCCOc1ccc(C(=O)O)cc1)CC2. The van der Waals surface area contributed by atoms with Gasteiger partial charge in [0.25, 0.3) is 0 Å². The van der Waals surface area contributed by atoms with Gasteiger partial charge in [-0.25, -0.2) is 4.79 Å². The second-order valence-corrected chi connectivity index (χ2v) is 12.1. The van der Waals surface area contributed by atoms with E-state index in [1.165, 1.54) is 6.42 Å². The summed E-state index contributed by atoms with van der Waals surface area (Å²) in [5.74, 6) is -0.345. The van der Waals surface area contributed by atoms with Crippen molar-refractivity contribution in [1.29, 1.82) is 0 Å². The van der Waals surface area contributed by atoms with Crippen LogP contribution in [0.25, 0.3) is 0 Å². The molecule has 1 saturated carbocycles. The van der Waals surface area contributed by atoms with Crippen LogP contribution >= 0.6 is 0 Å². The van der Waals surface area contributed by atoms with E-state index in [9.17, 15) is 19.5 Å². The molecule has 0 unspecified atom stereocenters. The van der Waals surface area contributed by atoms with E-state index in [0.717, 1.165) is 83.8 Å². The van der Waals surface area contributed by atoms with Crippen LogP contribution in [0.3, 0.4) is 0 Å². The highest BCUT2D eigenvalue weighted by Gasteiger charge is 2.55. The van der Waals surface area contributed by atoms with Gasteiger partial charge in [-0.3, -0.25) is 9.59 Å². The maximum absolute atomic E-state index is 13.7. The fourth-order valence-corrected chi connectivity index (χ4v) is 6.78. The molecule has 0 aromatic heterocycles. The van der Waals surface area contributed by atoms with E-state index in [4.69, 9.17) is 9.84 Å². The van der Waals surface area contributed by atoms with Crippen LogP contribution in [0.15, 0.2) is 24.3 Å². The average Bonchev–Trinajstić information content (AvgIpc) is 2.99. The average molecular weight is 572 g/mol. The lowest BCUT2D eigenvalue weighted by Crippen LogP contribution is -2.75. The highest BCUT2D eigenvalue weighted by molar-refractivity contribution is 6.00. The Hall–Kier alpha value is -2.65. The molecule has 1 spiro atoms. The third-order valence-corrected chi connectivity index (χ3v) is 9.39. The number of carboxylic acid groups (broad SMARTS) is 1. The van der Waals surface area contributed by atoms with E-state index >= 15 is 0 Å². The molecule has 3 aliphatic rings. The summed E-state index contributed by atoms with van der Waals surface area (Å²) in [6.45, 7) is 5.82. The number of carbonyl (C=O) groups is 3. The molecule has 1 aromatic carbocycles. The Morgan fingerprint density at radius 2 is 1.68 bits per heavy atom. The van der Waals surface area contributed by atoms with Gasteiger partial charge in [0.2, 0.25) is 11.8 Å². The number of aliphatic hydroxyl groups is 1. The Balaban J connectivity index is 1.20. The van der Waals surface area contributed by atoms with Gasteiger partial charge in [-0.15, -0.1) is 0 Å². The summed E-state index contributed by atoms with van der Waals surface area (Å²) in [6, 6.07) is 5.66. The van der Waals surface area contributed by atoms with E-state index in [1.807, 2.05) is 4.90 Å². The van der Waals surface area contributed by atoms with Gasteiger partial charge in [-0.2, -0.15) is 0 Å². The summed E-state index contributed by atoms with van der Waals surface area (Å²) in [5.41, 5.74) is -0.547. The summed E-state index contributed by atoms with van der Waals surface area (Å²) < 4.78 is 5.73. The van der Waals surface area contributed by atoms with E-state index in [2.05, 4.69) is 17.1 Å². The van der Waals surface area contributed by atoms with Crippen LogP contribution in [0.1, 0.15) is 101 Å². The number of aromatic carboxylic acids is 1. The highest BCUT2D eigenvalue weighted by Crippen LogP contribution is 2.36. The quantitative estimate of drug-likeness (QED) is 0.286. The number of likely N-dealkylation sites (tertiary alicyclic amines) is 1. The smallest absolute Gasteiger partial charge is 0.335 e. The Kier molecular flexibility index (Phi) is 11.5. The standard InChI is InChI=1S/C32H49N3O6/c1-2-3-20-35-29(37)27(28(36)24-11-7-6-8-12-24)33-31(40)32(35)17-21-34(22-18-32)19-9-4-5-10-23-41-26-15-13-25(14-16-26)30(38)39/h13-16,24,27-28,36H,2-12,17-23H2,1H3,(H,33,40)(H,38,39)/t27-,28-/m1/s1. The van der Waals surface area contributed by atoms with Gasteiger partial charge in [0, 0.05) is 19.6 Å². The van der Waals surface area contributed by atoms with Crippen molar-refractivity contribution in [2.75, 3.05) is 32.8 Å². The van der Waals surface area contributed by atoms with Gasteiger partial charge in [0.15, 0.2) is 0 Å². The summed E-state index contributed by atoms with van der Waals surface area (Å²) >= 11 is 0. The fourth-order valence-electron chi connectivity index (χ4n) is 6.78. The van der Waals surface area contributed by atoms with Gasteiger partial charge < -0.3 is 30.1 Å². The third-order valence-electron chi connectivity index (χ3n) is 9.39. The fraction of sp³-hybridized carbons (Fsp3) is 0.719. The van der Waals surface area contributed by atoms with Crippen molar-refractivity contribution < 1.29 is 29.3 Å². The summed E-state index contributed by atoms with van der Waals surface area (Å²) in [4.78, 5) is 42.6. The molecule has 9 nitrogen and oxygen atoms in total. The van der Waals surface area contributed by atoms with E-state index in [1.54, 1.807) is 24.3 Å². The molecular weight excluding hydrogens is 522 g/mol. The number of hydrogen-bond acceptors (Lipinski definition) is 6. The molecule has 4 rings (SSSR count). The highest BCUT2D eigenvalue weighted by atomic mass is 16.5. The molecule has 41 heavy (non-hydrogen) atoms. The van der Waals surface area contributed by atoms with Crippen molar-refractivity contribution in [2.45, 2.75) is 108 Å². The molecule has 2 heterocycles. The van der Waals surface area contributed by atoms with Crippen LogP contribution in [-0.2, 0) is 9.59 Å². The molecular formula is C32H49N3O6. The van der Waals surface area contributed by atoms with Crippen LogP contribution in [-0.4, -0.2) is 88.3 Å². The first-order valence-corrected chi connectivity index (χ1v) is 15.8. The molecule has 2 aliphatic heterocycles. The lowest BCUT2D eigenvalue weighted by molar-refractivity contribution is -0.165. The molecule has 2 amide bonds. The first-order valence-electron chi connectivity index (χ1n) is 15.8. The van der Waals surface area contributed by atoms with Crippen LogP contribution < -0.4 is 10.1 Å². The first kappa shape index (κ1) is 31.3. The number of nitrogens with zero attached hydrogens (tertiary/aromatic N) is 2.